The number of benzene rings is 2. The molecule has 0 N–H and O–H groups in total. The molecule has 0 aliphatic heterocycles. The monoisotopic (exact) mass is 420 g/mol. The number of alkyl halides is 3. The lowest BCUT2D eigenvalue weighted by molar-refractivity contribution is -0.0435. The highest BCUT2D eigenvalue weighted by Gasteiger charge is 2.50. The highest BCUT2D eigenvalue weighted by molar-refractivity contribution is 7.92. The molecule has 0 spiro atoms. The van der Waals surface area contributed by atoms with E-state index in [4.69, 9.17) is 0 Å². The third-order valence-electron chi connectivity index (χ3n) is 5.18. The zero-order valence-corrected chi connectivity index (χ0v) is 16.7. The van der Waals surface area contributed by atoms with Crippen LogP contribution in [-0.2, 0) is 22.9 Å². The number of hydrogen-bond donors (Lipinski definition) is 0. The molecule has 0 aliphatic carbocycles. The van der Waals surface area contributed by atoms with Gasteiger partial charge in [0.25, 0.3) is 9.84 Å². The highest BCUT2D eigenvalue weighted by Crippen LogP contribution is 2.44. The first kappa shape index (κ1) is 19.6. The van der Waals surface area contributed by atoms with E-state index in [0.717, 1.165) is 10.9 Å². The minimum Gasteiger partial charge on any atom is -0.340 e. The minimum atomic E-state index is -5.57. The zero-order chi connectivity index (χ0) is 21.0. The van der Waals surface area contributed by atoms with E-state index in [1.807, 2.05) is 35.8 Å². The Morgan fingerprint density at radius 2 is 1.45 bits per heavy atom. The van der Waals surface area contributed by atoms with Crippen molar-refractivity contribution in [3.05, 3.63) is 54.6 Å². The Bertz CT molecular complexity index is 1330. The lowest BCUT2D eigenvalue weighted by atomic mass is 10.2. The molecule has 29 heavy (non-hydrogen) atoms. The number of fused-ring (bicyclic) bond motifs is 2. The van der Waals surface area contributed by atoms with E-state index in [-0.39, 0.29) is 11.1 Å². The first-order valence-corrected chi connectivity index (χ1v) is 10.7. The average molecular weight is 420 g/mol. The van der Waals surface area contributed by atoms with Crippen LogP contribution in [-0.4, -0.2) is 23.1 Å². The summed E-state index contributed by atoms with van der Waals surface area (Å²) in [5.74, 6) is 0. The maximum atomic E-state index is 13.6. The Morgan fingerprint density at radius 1 is 0.862 bits per heavy atom. The van der Waals surface area contributed by atoms with Crippen molar-refractivity contribution in [2.75, 3.05) is 0 Å². The molecule has 0 radical (unpaired) electrons. The van der Waals surface area contributed by atoms with Gasteiger partial charge in [-0.3, -0.25) is 0 Å². The van der Waals surface area contributed by atoms with Crippen LogP contribution in [0.1, 0.15) is 13.8 Å². The number of rotatable bonds is 4. The minimum absolute atomic E-state index is 0.0732. The topological polar surface area (TPSA) is 44.0 Å². The van der Waals surface area contributed by atoms with Crippen LogP contribution in [0.3, 0.4) is 0 Å². The molecule has 152 valence electrons. The SMILES string of the molecule is CCn1c(-c2c(S(=O)(=O)C(F)(F)F)c3ccccc3n2CC)cc2ccccc21. The van der Waals surface area contributed by atoms with Gasteiger partial charge in [0.15, 0.2) is 0 Å². The van der Waals surface area contributed by atoms with Crippen LogP contribution in [0.15, 0.2) is 59.5 Å². The molecule has 0 saturated carbocycles. The molecule has 0 unspecified atom stereocenters. The molecule has 4 aromatic rings. The summed E-state index contributed by atoms with van der Waals surface area (Å²) in [6, 6.07) is 15.5. The molecule has 2 aromatic carbocycles. The van der Waals surface area contributed by atoms with Gasteiger partial charge in [0.1, 0.15) is 4.90 Å². The molecule has 0 amide bonds. The van der Waals surface area contributed by atoms with Crippen LogP contribution >= 0.6 is 0 Å². The van der Waals surface area contributed by atoms with Crippen molar-refractivity contribution in [3.8, 4) is 11.4 Å². The number of hydrogen-bond acceptors (Lipinski definition) is 2. The molecule has 4 nitrogen and oxygen atoms in total. The second-order valence-corrected chi connectivity index (χ2v) is 8.60. The number of sulfone groups is 1. The lowest BCUT2D eigenvalue weighted by Crippen LogP contribution is -2.24. The molecule has 2 aromatic heterocycles. The molecule has 0 fully saturated rings. The van der Waals surface area contributed by atoms with E-state index < -0.39 is 20.2 Å². The summed E-state index contributed by atoms with van der Waals surface area (Å²) in [5, 5.41) is 0.919. The van der Waals surface area contributed by atoms with Gasteiger partial charge >= 0.3 is 5.51 Å². The van der Waals surface area contributed by atoms with Gasteiger partial charge in [-0.05, 0) is 32.0 Å². The number of nitrogens with zero attached hydrogens (tertiary/aromatic N) is 2. The van der Waals surface area contributed by atoms with E-state index in [0.29, 0.717) is 24.3 Å². The Morgan fingerprint density at radius 3 is 2.07 bits per heavy atom. The summed E-state index contributed by atoms with van der Waals surface area (Å²) in [4.78, 5) is -0.681. The van der Waals surface area contributed by atoms with Gasteiger partial charge in [-0.2, -0.15) is 13.2 Å². The van der Waals surface area contributed by atoms with Crippen molar-refractivity contribution in [1.82, 2.24) is 9.13 Å². The van der Waals surface area contributed by atoms with E-state index in [1.54, 1.807) is 35.8 Å². The number of para-hydroxylation sites is 2. The van der Waals surface area contributed by atoms with E-state index in [2.05, 4.69) is 0 Å². The fraction of sp³-hybridized carbons (Fsp3) is 0.238. The van der Waals surface area contributed by atoms with Crippen LogP contribution in [0.4, 0.5) is 13.2 Å². The summed E-state index contributed by atoms with van der Waals surface area (Å²) in [6.45, 7) is 4.49. The van der Waals surface area contributed by atoms with Crippen molar-refractivity contribution in [1.29, 1.82) is 0 Å². The Hall–Kier alpha value is -2.74. The molecule has 2 heterocycles. The van der Waals surface area contributed by atoms with Crippen molar-refractivity contribution in [2.24, 2.45) is 0 Å². The number of aryl methyl sites for hydroxylation is 2. The van der Waals surface area contributed by atoms with Gasteiger partial charge in [-0.15, -0.1) is 0 Å². The van der Waals surface area contributed by atoms with Crippen molar-refractivity contribution in [3.63, 3.8) is 0 Å². The van der Waals surface area contributed by atoms with E-state index in [1.165, 1.54) is 6.07 Å². The fourth-order valence-corrected chi connectivity index (χ4v) is 5.15. The Labute approximate surface area is 166 Å². The van der Waals surface area contributed by atoms with Gasteiger partial charge < -0.3 is 9.13 Å². The smallest absolute Gasteiger partial charge is 0.340 e. The van der Waals surface area contributed by atoms with Gasteiger partial charge in [0.05, 0.1) is 11.4 Å². The summed E-state index contributed by atoms with van der Waals surface area (Å²) < 4.78 is 69.7. The molecular formula is C21H19F3N2O2S. The van der Waals surface area contributed by atoms with Crippen LogP contribution in [0.5, 0.6) is 0 Å². The maximum absolute atomic E-state index is 13.6. The van der Waals surface area contributed by atoms with E-state index in [9.17, 15) is 21.6 Å². The van der Waals surface area contributed by atoms with Crippen LogP contribution in [0, 0.1) is 0 Å². The Kier molecular flexibility index (Phi) is 4.49. The summed E-state index contributed by atoms with van der Waals surface area (Å²) >= 11 is 0. The first-order chi connectivity index (χ1) is 13.7. The maximum Gasteiger partial charge on any atom is 0.502 e. The number of halogens is 3. The van der Waals surface area contributed by atoms with Gasteiger partial charge in [0, 0.05) is 34.9 Å². The van der Waals surface area contributed by atoms with E-state index >= 15 is 0 Å². The largest absolute Gasteiger partial charge is 0.502 e. The van der Waals surface area contributed by atoms with Gasteiger partial charge in [0.2, 0.25) is 0 Å². The molecule has 8 heteroatoms. The van der Waals surface area contributed by atoms with Crippen molar-refractivity contribution < 1.29 is 21.6 Å². The second-order valence-electron chi connectivity index (χ2n) is 6.72. The Balaban J connectivity index is 2.23. The van der Waals surface area contributed by atoms with Gasteiger partial charge in [-0.1, -0.05) is 36.4 Å². The fourth-order valence-electron chi connectivity index (χ4n) is 3.99. The quantitative estimate of drug-likeness (QED) is 0.432. The lowest BCUT2D eigenvalue weighted by Gasteiger charge is -2.15. The molecular weight excluding hydrogens is 401 g/mol. The van der Waals surface area contributed by atoms with Crippen molar-refractivity contribution >= 4 is 31.6 Å². The molecule has 0 atom stereocenters. The standard InChI is InChI=1S/C21H19F3N2O2S/c1-3-25-16-11-7-5-9-14(16)13-18(25)19-20(29(27,28)21(22,23)24)15-10-6-8-12-17(15)26(19)4-2/h5-13H,3-4H2,1-2H3. The third-order valence-corrected chi connectivity index (χ3v) is 6.74. The average Bonchev–Trinajstić information content (AvgIpc) is 3.22. The van der Waals surface area contributed by atoms with Crippen LogP contribution in [0.25, 0.3) is 33.2 Å². The zero-order valence-electron chi connectivity index (χ0n) is 15.9. The third kappa shape index (κ3) is 2.77. The summed E-state index contributed by atoms with van der Waals surface area (Å²) in [5.41, 5.74) is -3.57. The molecule has 0 saturated heterocycles. The second kappa shape index (κ2) is 6.66. The van der Waals surface area contributed by atoms with Crippen LogP contribution in [0.2, 0.25) is 0 Å². The predicted molar refractivity (Wildman–Crippen MR) is 107 cm³/mol. The molecule has 0 aliphatic rings. The first-order valence-electron chi connectivity index (χ1n) is 9.23. The highest BCUT2D eigenvalue weighted by atomic mass is 32.2. The predicted octanol–water partition coefficient (Wildman–Crippen LogP) is 5.60. The number of aromatic nitrogens is 2. The normalized spacial score (nSPS) is 12.9. The van der Waals surface area contributed by atoms with Crippen LogP contribution < -0.4 is 0 Å². The molecule has 0 bridgehead atoms. The van der Waals surface area contributed by atoms with Gasteiger partial charge in [-0.25, -0.2) is 8.42 Å². The van der Waals surface area contributed by atoms with Crippen molar-refractivity contribution in [2.45, 2.75) is 37.3 Å². The summed E-state index contributed by atoms with van der Waals surface area (Å²) in [7, 11) is -5.57. The molecule has 4 rings (SSSR count). The summed E-state index contributed by atoms with van der Waals surface area (Å²) in [6.07, 6.45) is 0.